The first-order valence-corrected chi connectivity index (χ1v) is 9.07. The molecule has 0 radical (unpaired) electrons. The van der Waals surface area contributed by atoms with Gasteiger partial charge in [-0.15, -0.1) is 0 Å². The third-order valence-electron chi connectivity index (χ3n) is 2.45. The number of rotatable bonds is 3. The molecular formula is C11H11ClZr. The zero-order valence-corrected chi connectivity index (χ0v) is 10.5. The second-order valence-electron chi connectivity index (χ2n) is 3.29. The molecule has 2 aliphatic rings. The van der Waals surface area contributed by atoms with Crippen molar-refractivity contribution in [3.63, 3.8) is 0 Å². The predicted molar refractivity (Wildman–Crippen MR) is 53.3 cm³/mol. The van der Waals surface area contributed by atoms with Crippen molar-refractivity contribution in [1.29, 1.82) is 0 Å². The van der Waals surface area contributed by atoms with Crippen molar-refractivity contribution in [3.8, 4) is 0 Å². The van der Waals surface area contributed by atoms with E-state index in [9.17, 15) is 0 Å². The van der Waals surface area contributed by atoms with Crippen LogP contribution in [0.3, 0.4) is 0 Å². The van der Waals surface area contributed by atoms with E-state index in [2.05, 4.69) is 36.5 Å². The molecule has 0 fully saturated rings. The van der Waals surface area contributed by atoms with Crippen LogP contribution in [-0.4, -0.2) is 0 Å². The summed E-state index contributed by atoms with van der Waals surface area (Å²) in [7, 11) is 6.16. The van der Waals surface area contributed by atoms with E-state index in [1.165, 1.54) is 11.1 Å². The Morgan fingerprint density at radius 3 is 1.92 bits per heavy atom. The maximum atomic E-state index is 6.16. The Labute approximate surface area is 94.2 Å². The summed E-state index contributed by atoms with van der Waals surface area (Å²) in [5.41, 5.74) is 3.08. The van der Waals surface area contributed by atoms with Crippen LogP contribution in [0.15, 0.2) is 47.6 Å². The average Bonchev–Trinajstić information content (AvgIpc) is 2.76. The zero-order chi connectivity index (χ0) is 9.10. The molecule has 0 aromatic carbocycles. The molecule has 0 bridgehead atoms. The van der Waals surface area contributed by atoms with Gasteiger partial charge in [0.05, 0.1) is 0 Å². The number of allylic oxidation sites excluding steroid dienone is 8. The Hall–Kier alpha value is 0.133. The Morgan fingerprint density at radius 1 is 1.08 bits per heavy atom. The molecule has 0 N–H and O–H groups in total. The Morgan fingerprint density at radius 2 is 1.62 bits per heavy atom. The fourth-order valence-corrected chi connectivity index (χ4v) is 5.13. The second-order valence-corrected chi connectivity index (χ2v) is 6.54. The summed E-state index contributed by atoms with van der Waals surface area (Å²) in [6.45, 7) is 0. The molecule has 0 aliphatic heterocycles. The van der Waals surface area contributed by atoms with Crippen LogP contribution < -0.4 is 0 Å². The van der Waals surface area contributed by atoms with Gasteiger partial charge in [0.25, 0.3) is 0 Å². The van der Waals surface area contributed by atoms with Crippen molar-refractivity contribution < 1.29 is 22.0 Å². The number of hydrogen-bond donors (Lipinski definition) is 0. The van der Waals surface area contributed by atoms with Crippen molar-refractivity contribution in [2.75, 3.05) is 0 Å². The van der Waals surface area contributed by atoms with Crippen molar-refractivity contribution in [2.24, 2.45) is 0 Å². The molecule has 0 unspecified atom stereocenters. The first-order chi connectivity index (χ1) is 6.42. The van der Waals surface area contributed by atoms with Gasteiger partial charge in [-0.2, -0.15) is 0 Å². The molecule has 0 atom stereocenters. The second kappa shape index (κ2) is 4.57. The topological polar surface area (TPSA) is 0 Å². The van der Waals surface area contributed by atoms with E-state index in [1.807, 2.05) is 0 Å². The summed E-state index contributed by atoms with van der Waals surface area (Å²) < 4.78 is 0.635. The molecule has 0 spiro atoms. The summed E-state index contributed by atoms with van der Waals surface area (Å²) in [6, 6.07) is 0. The van der Waals surface area contributed by atoms with Gasteiger partial charge < -0.3 is 0 Å². The van der Waals surface area contributed by atoms with Gasteiger partial charge in [-0.25, -0.2) is 0 Å². The van der Waals surface area contributed by atoms with E-state index in [0.29, 0.717) is 3.63 Å². The molecule has 13 heavy (non-hydrogen) atoms. The normalized spacial score (nSPS) is 19.5. The molecule has 0 amide bonds. The van der Waals surface area contributed by atoms with E-state index in [0.717, 1.165) is 12.8 Å². The van der Waals surface area contributed by atoms with Gasteiger partial charge >= 0.3 is 94.6 Å². The maximum absolute atomic E-state index is 6.16. The van der Waals surface area contributed by atoms with Crippen LogP contribution >= 0.6 is 8.51 Å². The van der Waals surface area contributed by atoms with Gasteiger partial charge in [0.15, 0.2) is 0 Å². The molecule has 2 heteroatoms. The predicted octanol–water partition coefficient (Wildman–Crippen LogP) is 3.78. The van der Waals surface area contributed by atoms with Crippen molar-refractivity contribution in [1.82, 2.24) is 0 Å². The van der Waals surface area contributed by atoms with Crippen LogP contribution in [-0.2, 0) is 22.0 Å². The van der Waals surface area contributed by atoms with Gasteiger partial charge in [0, 0.05) is 0 Å². The molecule has 0 saturated heterocycles. The Balaban J connectivity index is 2.09. The molecule has 0 heterocycles. The van der Waals surface area contributed by atoms with Gasteiger partial charge in [-0.05, 0) is 0 Å². The van der Waals surface area contributed by atoms with E-state index < -0.39 is 22.0 Å². The molecule has 0 nitrogen and oxygen atoms in total. The van der Waals surface area contributed by atoms with Crippen LogP contribution in [0.4, 0.5) is 0 Å². The van der Waals surface area contributed by atoms with Crippen LogP contribution in [0.2, 0.25) is 3.63 Å². The average molecular weight is 270 g/mol. The van der Waals surface area contributed by atoms with Crippen molar-refractivity contribution >= 4 is 8.51 Å². The van der Waals surface area contributed by atoms with E-state index in [1.54, 1.807) is 0 Å². The quantitative estimate of drug-likeness (QED) is 0.731. The molecule has 66 valence electrons. The van der Waals surface area contributed by atoms with Crippen LogP contribution in [0.25, 0.3) is 0 Å². The van der Waals surface area contributed by atoms with Crippen LogP contribution in [0, 0.1) is 0 Å². The number of hydrogen-bond acceptors (Lipinski definition) is 0. The minimum absolute atomic E-state index is 0.635. The molecule has 2 rings (SSSR count). The Bertz CT molecular complexity index is 280. The summed E-state index contributed by atoms with van der Waals surface area (Å²) in [5.74, 6) is 0. The fourth-order valence-electron chi connectivity index (χ4n) is 1.73. The van der Waals surface area contributed by atoms with Crippen LogP contribution in [0.5, 0.6) is 0 Å². The third kappa shape index (κ3) is 2.14. The summed E-state index contributed by atoms with van der Waals surface area (Å²) in [4.78, 5) is 0. The van der Waals surface area contributed by atoms with Crippen molar-refractivity contribution in [3.05, 3.63) is 47.6 Å². The van der Waals surface area contributed by atoms with Gasteiger partial charge in [0.1, 0.15) is 0 Å². The summed E-state index contributed by atoms with van der Waals surface area (Å²) in [6.07, 6.45) is 15.5. The molecule has 2 aliphatic carbocycles. The standard InChI is InChI=1S/C11H11.ClH.Zr/c1-2-6-10(5-1)9-11-7-3-4-8-11;;/h1-5,7,9H,6,8H2;1H;/q;;+1/p-1. The Kier molecular flexibility index (Phi) is 3.41. The summed E-state index contributed by atoms with van der Waals surface area (Å²) >= 11 is -0.741. The SMILES string of the molecule is [Cl][Zr][CH](C1=CC=CC1)C1=CC=CC1. The van der Waals surface area contributed by atoms with Gasteiger partial charge in [0.2, 0.25) is 0 Å². The van der Waals surface area contributed by atoms with E-state index in [4.69, 9.17) is 8.51 Å². The first-order valence-electron chi connectivity index (χ1n) is 4.49. The number of halogens is 1. The molecule has 0 aromatic heterocycles. The monoisotopic (exact) mass is 268 g/mol. The van der Waals surface area contributed by atoms with Crippen molar-refractivity contribution in [2.45, 2.75) is 16.5 Å². The van der Waals surface area contributed by atoms with Gasteiger partial charge in [-0.3, -0.25) is 0 Å². The fraction of sp³-hybridized carbons (Fsp3) is 0.273. The van der Waals surface area contributed by atoms with E-state index in [-0.39, 0.29) is 0 Å². The molecular weight excluding hydrogens is 259 g/mol. The third-order valence-corrected chi connectivity index (χ3v) is 6.10. The van der Waals surface area contributed by atoms with Crippen LogP contribution in [0.1, 0.15) is 12.8 Å². The zero-order valence-electron chi connectivity index (χ0n) is 7.33. The van der Waals surface area contributed by atoms with Gasteiger partial charge in [-0.1, -0.05) is 0 Å². The molecule has 0 saturated carbocycles. The van der Waals surface area contributed by atoms with E-state index >= 15 is 0 Å². The minimum atomic E-state index is -0.741. The summed E-state index contributed by atoms with van der Waals surface area (Å²) in [5, 5.41) is 0. The molecule has 0 aromatic rings. The first kappa shape index (κ1) is 9.68.